The molecule has 0 bridgehead atoms. The van der Waals surface area contributed by atoms with Gasteiger partial charge in [0.25, 0.3) is 5.69 Å². The summed E-state index contributed by atoms with van der Waals surface area (Å²) in [6, 6.07) is 4.01. The highest BCUT2D eigenvalue weighted by molar-refractivity contribution is 7.90. The van der Waals surface area contributed by atoms with Crippen molar-refractivity contribution in [2.24, 2.45) is 5.92 Å². The number of nitrogens with zero attached hydrogens (tertiary/aromatic N) is 3. The zero-order valence-corrected chi connectivity index (χ0v) is 14.9. The van der Waals surface area contributed by atoms with Crippen LogP contribution < -0.4 is 4.90 Å². The molecule has 1 aliphatic heterocycles. The molecular weight excluding hydrogens is 346 g/mol. The summed E-state index contributed by atoms with van der Waals surface area (Å²) in [4.78, 5) is 26.7. The lowest BCUT2D eigenvalue weighted by Gasteiger charge is -2.23. The first-order valence-corrected chi connectivity index (χ1v) is 10.2. The van der Waals surface area contributed by atoms with Crippen LogP contribution in [0, 0.1) is 16.0 Å². The fraction of sp³-hybridized carbons (Fsp3) is 0.562. The molecule has 0 radical (unpaired) electrons. The molecule has 1 saturated heterocycles. The highest BCUT2D eigenvalue weighted by atomic mass is 32.2. The second kappa shape index (κ2) is 6.62. The average Bonchev–Trinajstić information content (AvgIpc) is 3.39. The molecule has 1 aromatic carbocycles. The van der Waals surface area contributed by atoms with Gasteiger partial charge < -0.3 is 9.80 Å². The van der Waals surface area contributed by atoms with Gasteiger partial charge in [0.1, 0.15) is 5.69 Å². The molecule has 0 unspecified atom stereocenters. The van der Waals surface area contributed by atoms with Crippen LogP contribution >= 0.6 is 0 Å². The van der Waals surface area contributed by atoms with E-state index >= 15 is 0 Å². The number of amides is 1. The lowest BCUT2D eigenvalue weighted by Crippen LogP contribution is -2.36. The number of hydrogen-bond donors (Lipinski definition) is 0. The van der Waals surface area contributed by atoms with Crippen molar-refractivity contribution in [3.05, 3.63) is 28.3 Å². The predicted molar refractivity (Wildman–Crippen MR) is 92.3 cm³/mol. The van der Waals surface area contributed by atoms with Crippen molar-refractivity contribution in [2.45, 2.75) is 24.2 Å². The van der Waals surface area contributed by atoms with E-state index in [1.807, 2.05) is 9.80 Å². The van der Waals surface area contributed by atoms with E-state index in [1.165, 1.54) is 12.1 Å². The molecule has 1 heterocycles. The SMILES string of the molecule is CS(=O)(=O)c1ccc(N2CCCN(C(=O)C3CC3)CC2)c([N+](=O)[O-])c1. The summed E-state index contributed by atoms with van der Waals surface area (Å²) in [5, 5.41) is 11.4. The second-order valence-corrected chi connectivity index (χ2v) is 8.64. The average molecular weight is 367 g/mol. The van der Waals surface area contributed by atoms with Gasteiger partial charge in [0, 0.05) is 44.4 Å². The number of carbonyl (C=O) groups is 1. The molecule has 0 atom stereocenters. The van der Waals surface area contributed by atoms with Crippen LogP contribution in [-0.4, -0.2) is 56.6 Å². The topological polar surface area (TPSA) is 101 Å². The van der Waals surface area contributed by atoms with Crippen molar-refractivity contribution in [3.8, 4) is 0 Å². The second-order valence-electron chi connectivity index (χ2n) is 6.62. The van der Waals surface area contributed by atoms with Gasteiger partial charge in [-0.3, -0.25) is 14.9 Å². The van der Waals surface area contributed by atoms with Crippen molar-refractivity contribution in [3.63, 3.8) is 0 Å². The highest BCUT2D eigenvalue weighted by Gasteiger charge is 2.34. The smallest absolute Gasteiger partial charge is 0.293 e. The molecule has 0 N–H and O–H groups in total. The molecule has 0 spiro atoms. The van der Waals surface area contributed by atoms with Crippen LogP contribution in [-0.2, 0) is 14.6 Å². The Kier molecular flexibility index (Phi) is 4.68. The van der Waals surface area contributed by atoms with E-state index in [-0.39, 0.29) is 22.4 Å². The lowest BCUT2D eigenvalue weighted by atomic mass is 10.2. The van der Waals surface area contributed by atoms with Crippen LogP contribution in [0.1, 0.15) is 19.3 Å². The highest BCUT2D eigenvalue weighted by Crippen LogP contribution is 2.33. The minimum Gasteiger partial charge on any atom is -0.364 e. The minimum absolute atomic E-state index is 0.0664. The number of benzene rings is 1. The lowest BCUT2D eigenvalue weighted by molar-refractivity contribution is -0.384. The largest absolute Gasteiger partial charge is 0.364 e. The van der Waals surface area contributed by atoms with Crippen LogP contribution in [0.2, 0.25) is 0 Å². The van der Waals surface area contributed by atoms with Gasteiger partial charge in [0.15, 0.2) is 9.84 Å². The maximum Gasteiger partial charge on any atom is 0.293 e. The van der Waals surface area contributed by atoms with E-state index in [2.05, 4.69) is 0 Å². The van der Waals surface area contributed by atoms with Crippen molar-refractivity contribution in [1.82, 2.24) is 4.90 Å². The third kappa shape index (κ3) is 3.92. The Balaban J connectivity index is 1.83. The van der Waals surface area contributed by atoms with Gasteiger partial charge in [-0.25, -0.2) is 8.42 Å². The number of sulfone groups is 1. The van der Waals surface area contributed by atoms with E-state index in [9.17, 15) is 23.3 Å². The molecule has 1 aromatic rings. The number of hydrogen-bond acceptors (Lipinski definition) is 6. The summed E-state index contributed by atoms with van der Waals surface area (Å²) >= 11 is 0. The van der Waals surface area contributed by atoms with Crippen molar-refractivity contribution < 1.29 is 18.1 Å². The summed E-state index contributed by atoms with van der Waals surface area (Å²) in [7, 11) is -3.51. The van der Waals surface area contributed by atoms with E-state index < -0.39 is 14.8 Å². The van der Waals surface area contributed by atoms with Crippen LogP contribution in [0.3, 0.4) is 0 Å². The first-order chi connectivity index (χ1) is 11.8. The van der Waals surface area contributed by atoms with Gasteiger partial charge in [-0.1, -0.05) is 0 Å². The summed E-state index contributed by atoms with van der Waals surface area (Å²) in [6.07, 6.45) is 3.66. The number of nitro groups is 1. The van der Waals surface area contributed by atoms with E-state index in [0.29, 0.717) is 31.9 Å². The van der Waals surface area contributed by atoms with Gasteiger partial charge in [-0.05, 0) is 31.4 Å². The minimum atomic E-state index is -3.51. The molecule has 1 amide bonds. The Labute approximate surface area is 146 Å². The number of nitro benzene ring substituents is 1. The number of rotatable bonds is 4. The molecule has 25 heavy (non-hydrogen) atoms. The zero-order chi connectivity index (χ0) is 18.2. The molecule has 2 fully saturated rings. The maximum absolute atomic E-state index is 12.2. The fourth-order valence-corrected chi connectivity index (χ4v) is 3.76. The Morgan fingerprint density at radius 1 is 1.20 bits per heavy atom. The third-order valence-electron chi connectivity index (χ3n) is 4.65. The monoisotopic (exact) mass is 367 g/mol. The predicted octanol–water partition coefficient (Wildman–Crippen LogP) is 1.45. The molecule has 1 saturated carbocycles. The van der Waals surface area contributed by atoms with Gasteiger partial charge in [0.2, 0.25) is 5.91 Å². The molecule has 1 aliphatic carbocycles. The van der Waals surface area contributed by atoms with Gasteiger partial charge in [-0.15, -0.1) is 0 Å². The molecule has 2 aliphatic rings. The number of anilines is 1. The quantitative estimate of drug-likeness (QED) is 0.590. The number of carbonyl (C=O) groups excluding carboxylic acids is 1. The normalized spacial score (nSPS) is 18.8. The summed E-state index contributed by atoms with van der Waals surface area (Å²) in [5.74, 6) is 0.346. The Hall–Kier alpha value is -2.16. The third-order valence-corrected chi connectivity index (χ3v) is 5.76. The van der Waals surface area contributed by atoms with Gasteiger partial charge in [0.05, 0.1) is 9.82 Å². The molecule has 0 aromatic heterocycles. The first-order valence-electron chi connectivity index (χ1n) is 8.29. The van der Waals surface area contributed by atoms with Crippen molar-refractivity contribution >= 4 is 27.1 Å². The Bertz CT molecular complexity index is 804. The van der Waals surface area contributed by atoms with E-state index in [1.54, 1.807) is 0 Å². The first kappa shape index (κ1) is 17.7. The van der Waals surface area contributed by atoms with Crippen LogP contribution in [0.5, 0.6) is 0 Å². The fourth-order valence-electron chi connectivity index (χ4n) is 3.11. The summed E-state index contributed by atoms with van der Waals surface area (Å²) < 4.78 is 23.3. The summed E-state index contributed by atoms with van der Waals surface area (Å²) in [6.45, 7) is 2.27. The van der Waals surface area contributed by atoms with Crippen LogP contribution in [0.15, 0.2) is 23.1 Å². The van der Waals surface area contributed by atoms with Gasteiger partial charge in [-0.2, -0.15) is 0 Å². The molecule has 3 rings (SSSR count). The molecule has 9 heteroatoms. The zero-order valence-electron chi connectivity index (χ0n) is 14.1. The van der Waals surface area contributed by atoms with E-state index in [0.717, 1.165) is 31.6 Å². The van der Waals surface area contributed by atoms with Crippen molar-refractivity contribution in [2.75, 3.05) is 37.3 Å². The Morgan fingerprint density at radius 3 is 2.52 bits per heavy atom. The van der Waals surface area contributed by atoms with Crippen molar-refractivity contribution in [1.29, 1.82) is 0 Å². The molecular formula is C16H21N3O5S. The standard InChI is InChI=1S/C16H21N3O5S/c1-25(23,24)13-5-6-14(15(11-13)19(21)22)17-7-2-8-18(10-9-17)16(20)12-3-4-12/h5-6,11-12H,2-4,7-10H2,1H3. The Morgan fingerprint density at radius 2 is 1.92 bits per heavy atom. The van der Waals surface area contributed by atoms with Crippen LogP contribution in [0.4, 0.5) is 11.4 Å². The van der Waals surface area contributed by atoms with Crippen LogP contribution in [0.25, 0.3) is 0 Å². The molecule has 8 nitrogen and oxygen atoms in total. The molecule has 136 valence electrons. The maximum atomic E-state index is 12.2. The summed E-state index contributed by atoms with van der Waals surface area (Å²) in [5.41, 5.74) is 0.183. The van der Waals surface area contributed by atoms with E-state index in [4.69, 9.17) is 0 Å². The van der Waals surface area contributed by atoms with Gasteiger partial charge >= 0.3 is 0 Å².